The van der Waals surface area contributed by atoms with E-state index in [9.17, 15) is 13.2 Å². The van der Waals surface area contributed by atoms with E-state index in [1.807, 2.05) is 0 Å². The summed E-state index contributed by atoms with van der Waals surface area (Å²) in [4.78, 5) is 10.7. The van der Waals surface area contributed by atoms with Crippen molar-refractivity contribution in [1.82, 2.24) is 4.72 Å². The molecule has 2 atom stereocenters. The quantitative estimate of drug-likeness (QED) is 0.802. The Labute approximate surface area is 103 Å². The smallest absolute Gasteiger partial charge is 0.323 e. The maximum absolute atomic E-state index is 11.8. The minimum atomic E-state index is -3.76. The lowest BCUT2D eigenvalue weighted by molar-refractivity contribution is -0.136. The molecule has 1 saturated carbocycles. The Bertz CT molecular complexity index is 388. The summed E-state index contributed by atoms with van der Waals surface area (Å²) in [7, 11) is -3.76. The fourth-order valence-electron chi connectivity index (χ4n) is 2.27. The highest BCUT2D eigenvalue weighted by molar-refractivity contribution is 7.90. The van der Waals surface area contributed by atoms with E-state index in [0.29, 0.717) is 0 Å². The van der Waals surface area contributed by atoms with Gasteiger partial charge in [0.05, 0.1) is 0 Å². The molecule has 0 spiro atoms. The van der Waals surface area contributed by atoms with Crippen LogP contribution in [0.3, 0.4) is 0 Å². The fraction of sp³-hybridized carbons (Fsp3) is 0.909. The van der Waals surface area contributed by atoms with Gasteiger partial charge in [-0.25, -0.2) is 13.1 Å². The summed E-state index contributed by atoms with van der Waals surface area (Å²) in [6.45, 7) is 5.40. The molecule has 0 aliphatic heterocycles. The second-order valence-corrected chi connectivity index (χ2v) is 7.63. The highest BCUT2D eigenvalue weighted by Crippen LogP contribution is 2.35. The first kappa shape index (κ1) is 14.4. The molecule has 100 valence electrons. The molecule has 0 bridgehead atoms. The molecule has 0 heterocycles. The number of carboxylic acids is 1. The minimum absolute atomic E-state index is 0.123. The van der Waals surface area contributed by atoms with Crippen LogP contribution < -0.4 is 4.72 Å². The Kier molecular flexibility index (Phi) is 4.19. The third-order valence-electron chi connectivity index (χ3n) is 3.35. The number of carboxylic acid groups (broad SMARTS) is 1. The normalized spacial score (nSPS) is 26.4. The molecule has 1 rings (SSSR count). The molecule has 1 aliphatic rings. The van der Waals surface area contributed by atoms with Gasteiger partial charge in [0.15, 0.2) is 5.25 Å². The van der Waals surface area contributed by atoms with E-state index < -0.39 is 21.2 Å². The molecule has 0 radical (unpaired) electrons. The van der Waals surface area contributed by atoms with Gasteiger partial charge >= 0.3 is 5.97 Å². The molecule has 1 fully saturated rings. The van der Waals surface area contributed by atoms with Crippen molar-refractivity contribution >= 4 is 16.0 Å². The second kappa shape index (κ2) is 4.94. The van der Waals surface area contributed by atoms with Gasteiger partial charge in [-0.05, 0) is 31.6 Å². The molecule has 6 heteroatoms. The Morgan fingerprint density at radius 3 is 2.53 bits per heavy atom. The Balaban J connectivity index is 2.68. The van der Waals surface area contributed by atoms with Crippen LogP contribution in [0.4, 0.5) is 0 Å². The number of hydrogen-bond donors (Lipinski definition) is 2. The van der Waals surface area contributed by atoms with Crippen molar-refractivity contribution in [3.8, 4) is 0 Å². The van der Waals surface area contributed by atoms with Gasteiger partial charge in [-0.1, -0.05) is 20.3 Å². The monoisotopic (exact) mass is 263 g/mol. The Morgan fingerprint density at radius 1 is 1.47 bits per heavy atom. The summed E-state index contributed by atoms with van der Waals surface area (Å²) < 4.78 is 26.0. The zero-order valence-electron chi connectivity index (χ0n) is 10.6. The summed E-state index contributed by atoms with van der Waals surface area (Å²) in [5.74, 6) is -1.31. The van der Waals surface area contributed by atoms with Gasteiger partial charge in [0, 0.05) is 6.04 Å². The zero-order chi connectivity index (χ0) is 13.3. The van der Waals surface area contributed by atoms with Crippen LogP contribution in [0.2, 0.25) is 0 Å². The van der Waals surface area contributed by atoms with Crippen molar-refractivity contribution in [2.45, 2.75) is 57.7 Å². The van der Waals surface area contributed by atoms with Gasteiger partial charge in [0.25, 0.3) is 0 Å². The zero-order valence-corrected chi connectivity index (χ0v) is 11.4. The van der Waals surface area contributed by atoms with Crippen LogP contribution in [0.5, 0.6) is 0 Å². The molecule has 0 aromatic rings. The van der Waals surface area contributed by atoms with E-state index >= 15 is 0 Å². The fourth-order valence-corrected chi connectivity index (χ4v) is 3.40. The maximum atomic E-state index is 11.8. The van der Waals surface area contributed by atoms with Crippen LogP contribution in [-0.4, -0.2) is 30.8 Å². The minimum Gasteiger partial charge on any atom is -0.480 e. The number of nitrogens with one attached hydrogen (secondary N) is 1. The summed E-state index contributed by atoms with van der Waals surface area (Å²) in [6.07, 6.45) is 3.61. The van der Waals surface area contributed by atoms with Crippen LogP contribution >= 0.6 is 0 Å². The van der Waals surface area contributed by atoms with Gasteiger partial charge in [0.1, 0.15) is 0 Å². The van der Waals surface area contributed by atoms with Crippen LogP contribution in [0, 0.1) is 5.41 Å². The molecule has 0 aromatic carbocycles. The molecule has 5 nitrogen and oxygen atoms in total. The number of sulfonamides is 1. The second-order valence-electron chi connectivity index (χ2n) is 5.60. The first-order valence-electron chi connectivity index (χ1n) is 5.88. The van der Waals surface area contributed by atoms with Gasteiger partial charge in [-0.3, -0.25) is 4.79 Å². The first-order valence-corrected chi connectivity index (χ1v) is 7.43. The lowest BCUT2D eigenvalue weighted by Gasteiger charge is -2.35. The van der Waals surface area contributed by atoms with Crippen molar-refractivity contribution in [3.05, 3.63) is 0 Å². The van der Waals surface area contributed by atoms with Crippen molar-refractivity contribution in [1.29, 1.82) is 0 Å². The predicted molar refractivity (Wildman–Crippen MR) is 65.2 cm³/mol. The van der Waals surface area contributed by atoms with E-state index in [-0.39, 0.29) is 11.5 Å². The number of aliphatic carboxylic acids is 1. The van der Waals surface area contributed by atoms with Crippen LogP contribution in [0.1, 0.15) is 46.5 Å². The molecule has 17 heavy (non-hydrogen) atoms. The van der Waals surface area contributed by atoms with Gasteiger partial charge in [-0.2, -0.15) is 0 Å². The number of carbonyl (C=O) groups is 1. The summed E-state index contributed by atoms with van der Waals surface area (Å²) in [5.41, 5.74) is 0.123. The Hall–Kier alpha value is -0.620. The SMILES string of the molecule is CC(C(=O)O)S(=O)(=O)NC1CCCC(C)(C)C1. The predicted octanol–water partition coefficient (Wildman–Crippen LogP) is 1.35. The van der Waals surface area contributed by atoms with E-state index in [1.165, 1.54) is 6.92 Å². The van der Waals surface area contributed by atoms with E-state index in [0.717, 1.165) is 25.7 Å². The van der Waals surface area contributed by atoms with Crippen LogP contribution in [0.25, 0.3) is 0 Å². The highest BCUT2D eigenvalue weighted by atomic mass is 32.2. The third kappa shape index (κ3) is 3.96. The van der Waals surface area contributed by atoms with Crippen molar-refractivity contribution in [2.24, 2.45) is 5.41 Å². The largest absolute Gasteiger partial charge is 0.480 e. The van der Waals surface area contributed by atoms with Crippen LogP contribution in [-0.2, 0) is 14.8 Å². The topological polar surface area (TPSA) is 83.5 Å². The Morgan fingerprint density at radius 2 is 2.06 bits per heavy atom. The molecule has 2 N–H and O–H groups in total. The molecular formula is C11H21NO4S. The van der Waals surface area contributed by atoms with Gasteiger partial charge < -0.3 is 5.11 Å². The van der Waals surface area contributed by atoms with E-state index in [4.69, 9.17) is 5.11 Å². The van der Waals surface area contributed by atoms with E-state index in [1.54, 1.807) is 0 Å². The highest BCUT2D eigenvalue weighted by Gasteiger charge is 2.34. The first-order chi connectivity index (χ1) is 7.64. The number of hydrogen-bond acceptors (Lipinski definition) is 3. The average Bonchev–Trinajstić information content (AvgIpc) is 2.13. The van der Waals surface area contributed by atoms with Gasteiger partial charge in [0.2, 0.25) is 10.0 Å². The molecule has 2 unspecified atom stereocenters. The molecule has 0 aromatic heterocycles. The number of rotatable bonds is 4. The molecule has 0 amide bonds. The lowest BCUT2D eigenvalue weighted by atomic mass is 9.75. The third-order valence-corrected chi connectivity index (χ3v) is 5.14. The van der Waals surface area contributed by atoms with Crippen molar-refractivity contribution < 1.29 is 18.3 Å². The average molecular weight is 263 g/mol. The van der Waals surface area contributed by atoms with Crippen molar-refractivity contribution in [3.63, 3.8) is 0 Å². The van der Waals surface area contributed by atoms with Gasteiger partial charge in [-0.15, -0.1) is 0 Å². The van der Waals surface area contributed by atoms with Crippen molar-refractivity contribution in [2.75, 3.05) is 0 Å². The lowest BCUT2D eigenvalue weighted by Crippen LogP contribution is -2.45. The molecular weight excluding hydrogens is 242 g/mol. The molecule has 1 aliphatic carbocycles. The standard InChI is InChI=1S/C11H21NO4S/c1-8(10(13)14)17(15,16)12-9-5-4-6-11(2,3)7-9/h8-9,12H,4-7H2,1-3H3,(H,13,14). The van der Waals surface area contributed by atoms with E-state index in [2.05, 4.69) is 18.6 Å². The summed E-state index contributed by atoms with van der Waals surface area (Å²) in [5, 5.41) is 7.33. The molecule has 0 saturated heterocycles. The summed E-state index contributed by atoms with van der Waals surface area (Å²) in [6, 6.07) is -0.134. The summed E-state index contributed by atoms with van der Waals surface area (Å²) >= 11 is 0. The maximum Gasteiger partial charge on any atom is 0.323 e. The van der Waals surface area contributed by atoms with Crippen LogP contribution in [0.15, 0.2) is 0 Å².